The SMILES string of the molecule is CN(Cc1ccc(Cl)cc1)CC1C2CCC(C2)C1N. The van der Waals surface area contributed by atoms with Crippen molar-refractivity contribution in [3.63, 3.8) is 0 Å². The molecule has 2 bridgehead atoms. The van der Waals surface area contributed by atoms with Gasteiger partial charge in [-0.2, -0.15) is 0 Å². The van der Waals surface area contributed by atoms with E-state index in [0.29, 0.717) is 12.0 Å². The third-order valence-corrected chi connectivity index (χ3v) is 5.30. The summed E-state index contributed by atoms with van der Waals surface area (Å²) in [5.74, 6) is 2.39. The molecule has 2 fully saturated rings. The van der Waals surface area contributed by atoms with Gasteiger partial charge in [-0.15, -0.1) is 0 Å². The van der Waals surface area contributed by atoms with Crippen molar-refractivity contribution >= 4 is 11.6 Å². The van der Waals surface area contributed by atoms with Crippen LogP contribution < -0.4 is 5.73 Å². The lowest BCUT2D eigenvalue weighted by Gasteiger charge is -2.31. The molecular formula is C16H23ClN2. The smallest absolute Gasteiger partial charge is 0.0406 e. The van der Waals surface area contributed by atoms with Crippen LogP contribution in [0.2, 0.25) is 5.02 Å². The second kappa shape index (κ2) is 5.43. The molecule has 3 rings (SSSR count). The first-order valence-corrected chi connectivity index (χ1v) is 7.70. The Balaban J connectivity index is 1.56. The first-order valence-electron chi connectivity index (χ1n) is 7.32. The Labute approximate surface area is 120 Å². The summed E-state index contributed by atoms with van der Waals surface area (Å²) < 4.78 is 0. The van der Waals surface area contributed by atoms with E-state index in [0.717, 1.165) is 29.9 Å². The van der Waals surface area contributed by atoms with E-state index in [-0.39, 0.29) is 0 Å². The van der Waals surface area contributed by atoms with Crippen molar-refractivity contribution in [1.29, 1.82) is 0 Å². The van der Waals surface area contributed by atoms with Crippen molar-refractivity contribution < 1.29 is 0 Å². The van der Waals surface area contributed by atoms with E-state index in [1.165, 1.54) is 24.8 Å². The normalized spacial score (nSPS) is 33.3. The molecule has 0 amide bonds. The third kappa shape index (κ3) is 2.81. The molecule has 0 heterocycles. The fourth-order valence-electron chi connectivity index (χ4n) is 4.05. The van der Waals surface area contributed by atoms with Gasteiger partial charge in [-0.25, -0.2) is 0 Å². The Morgan fingerprint density at radius 2 is 1.89 bits per heavy atom. The van der Waals surface area contributed by atoms with Crippen LogP contribution in [-0.2, 0) is 6.54 Å². The first kappa shape index (κ1) is 13.4. The highest BCUT2D eigenvalue weighted by molar-refractivity contribution is 6.30. The monoisotopic (exact) mass is 278 g/mol. The second-order valence-corrected chi connectivity index (χ2v) is 6.83. The van der Waals surface area contributed by atoms with E-state index in [9.17, 15) is 0 Å². The van der Waals surface area contributed by atoms with E-state index in [4.69, 9.17) is 17.3 Å². The van der Waals surface area contributed by atoms with Crippen molar-refractivity contribution in [2.24, 2.45) is 23.5 Å². The quantitative estimate of drug-likeness (QED) is 0.917. The number of nitrogens with two attached hydrogens (primary N) is 1. The van der Waals surface area contributed by atoms with Crippen LogP contribution in [0.4, 0.5) is 0 Å². The molecule has 2 aliphatic carbocycles. The lowest BCUT2D eigenvalue weighted by molar-refractivity contribution is 0.194. The van der Waals surface area contributed by atoms with Crippen molar-refractivity contribution in [2.75, 3.05) is 13.6 Å². The molecule has 4 atom stereocenters. The van der Waals surface area contributed by atoms with Gasteiger partial charge >= 0.3 is 0 Å². The minimum absolute atomic E-state index is 0.436. The van der Waals surface area contributed by atoms with Crippen LogP contribution >= 0.6 is 11.6 Å². The van der Waals surface area contributed by atoms with Gasteiger partial charge in [0.15, 0.2) is 0 Å². The fourth-order valence-corrected chi connectivity index (χ4v) is 4.18. The average molecular weight is 279 g/mol. The zero-order valence-electron chi connectivity index (χ0n) is 11.6. The average Bonchev–Trinajstić information content (AvgIpc) is 2.96. The highest BCUT2D eigenvalue weighted by Gasteiger charge is 2.45. The van der Waals surface area contributed by atoms with Crippen molar-refractivity contribution in [1.82, 2.24) is 4.90 Å². The Morgan fingerprint density at radius 3 is 2.53 bits per heavy atom. The number of rotatable bonds is 4. The summed E-state index contributed by atoms with van der Waals surface area (Å²) in [6.07, 6.45) is 4.14. The Kier molecular flexibility index (Phi) is 3.84. The minimum Gasteiger partial charge on any atom is -0.327 e. The molecule has 0 spiro atoms. The molecule has 3 heteroatoms. The van der Waals surface area contributed by atoms with E-state index in [1.54, 1.807) is 0 Å². The molecule has 0 saturated heterocycles. The molecule has 2 saturated carbocycles. The summed E-state index contributed by atoms with van der Waals surface area (Å²) >= 11 is 5.92. The highest BCUT2D eigenvalue weighted by Crippen LogP contribution is 2.47. The molecule has 104 valence electrons. The van der Waals surface area contributed by atoms with E-state index >= 15 is 0 Å². The largest absolute Gasteiger partial charge is 0.327 e. The van der Waals surface area contributed by atoms with Gasteiger partial charge in [-0.3, -0.25) is 0 Å². The fraction of sp³-hybridized carbons (Fsp3) is 0.625. The summed E-state index contributed by atoms with van der Waals surface area (Å²) in [6.45, 7) is 2.11. The van der Waals surface area contributed by atoms with Gasteiger partial charge in [0.2, 0.25) is 0 Å². The van der Waals surface area contributed by atoms with E-state index in [1.807, 2.05) is 12.1 Å². The van der Waals surface area contributed by atoms with Gasteiger partial charge in [0.25, 0.3) is 0 Å². The van der Waals surface area contributed by atoms with Gasteiger partial charge in [-0.1, -0.05) is 23.7 Å². The van der Waals surface area contributed by atoms with Crippen molar-refractivity contribution in [2.45, 2.75) is 31.8 Å². The lowest BCUT2D eigenvalue weighted by atomic mass is 9.84. The molecular weight excluding hydrogens is 256 g/mol. The van der Waals surface area contributed by atoms with Gasteiger partial charge in [0.05, 0.1) is 0 Å². The van der Waals surface area contributed by atoms with Crippen LogP contribution in [-0.4, -0.2) is 24.5 Å². The standard InChI is InChI=1S/C16H23ClN2/c1-19(9-11-2-6-14(17)7-3-11)10-15-12-4-5-13(8-12)16(15)18/h2-3,6-7,12-13,15-16H,4-5,8-10,18H2,1H3. The Morgan fingerprint density at radius 1 is 1.21 bits per heavy atom. The summed E-state index contributed by atoms with van der Waals surface area (Å²) in [7, 11) is 2.20. The number of nitrogens with zero attached hydrogens (tertiary/aromatic N) is 1. The van der Waals surface area contributed by atoms with Crippen LogP contribution in [0, 0.1) is 17.8 Å². The predicted molar refractivity (Wildman–Crippen MR) is 80.1 cm³/mol. The van der Waals surface area contributed by atoms with Crippen molar-refractivity contribution in [3.8, 4) is 0 Å². The number of hydrogen-bond acceptors (Lipinski definition) is 2. The molecule has 2 aliphatic rings. The van der Waals surface area contributed by atoms with E-state index in [2.05, 4.69) is 24.1 Å². The lowest BCUT2D eigenvalue weighted by Crippen LogP contribution is -2.41. The van der Waals surface area contributed by atoms with Crippen LogP contribution in [0.15, 0.2) is 24.3 Å². The maximum atomic E-state index is 6.38. The summed E-state index contributed by atoms with van der Waals surface area (Å²) in [6, 6.07) is 8.59. The molecule has 2 nitrogen and oxygen atoms in total. The summed E-state index contributed by atoms with van der Waals surface area (Å²) in [5.41, 5.74) is 7.70. The molecule has 0 aromatic heterocycles. The van der Waals surface area contributed by atoms with Crippen LogP contribution in [0.3, 0.4) is 0 Å². The maximum absolute atomic E-state index is 6.38. The van der Waals surface area contributed by atoms with Crippen molar-refractivity contribution in [3.05, 3.63) is 34.9 Å². The third-order valence-electron chi connectivity index (χ3n) is 5.05. The Hall–Kier alpha value is -0.570. The molecule has 0 radical (unpaired) electrons. The van der Waals surface area contributed by atoms with Crippen LogP contribution in [0.25, 0.3) is 0 Å². The number of benzene rings is 1. The van der Waals surface area contributed by atoms with Gasteiger partial charge in [0, 0.05) is 24.2 Å². The van der Waals surface area contributed by atoms with Gasteiger partial charge in [0.1, 0.15) is 0 Å². The molecule has 1 aromatic rings. The molecule has 19 heavy (non-hydrogen) atoms. The topological polar surface area (TPSA) is 29.3 Å². The first-order chi connectivity index (χ1) is 9.13. The predicted octanol–water partition coefficient (Wildman–Crippen LogP) is 3.15. The highest BCUT2D eigenvalue weighted by atomic mass is 35.5. The van der Waals surface area contributed by atoms with Crippen LogP contribution in [0.1, 0.15) is 24.8 Å². The number of fused-ring (bicyclic) bond motifs is 2. The molecule has 0 aliphatic heterocycles. The second-order valence-electron chi connectivity index (χ2n) is 6.40. The summed E-state index contributed by atoms with van der Waals surface area (Å²) in [4.78, 5) is 2.41. The molecule has 2 N–H and O–H groups in total. The van der Waals surface area contributed by atoms with Gasteiger partial charge in [-0.05, 0) is 61.8 Å². The van der Waals surface area contributed by atoms with Crippen LogP contribution in [0.5, 0.6) is 0 Å². The number of halogens is 1. The van der Waals surface area contributed by atoms with E-state index < -0.39 is 0 Å². The zero-order chi connectivity index (χ0) is 13.4. The molecule has 1 aromatic carbocycles. The summed E-state index contributed by atoms with van der Waals surface area (Å²) in [5, 5.41) is 0.807. The zero-order valence-corrected chi connectivity index (χ0v) is 12.3. The Bertz CT molecular complexity index is 429. The minimum atomic E-state index is 0.436. The number of hydrogen-bond donors (Lipinski definition) is 1. The molecule has 4 unspecified atom stereocenters. The maximum Gasteiger partial charge on any atom is 0.0406 e. The van der Waals surface area contributed by atoms with Gasteiger partial charge < -0.3 is 10.6 Å².